The first-order chi connectivity index (χ1) is 7.43. The third kappa shape index (κ3) is 1.68. The quantitative estimate of drug-likeness (QED) is 0.629. The zero-order valence-electron chi connectivity index (χ0n) is 8.34. The lowest BCUT2D eigenvalue weighted by atomic mass is 10.00. The standard InChI is InChI=1S/C12H12N2S/c1-2-5-10-9(4-1)13-8-11(14-10)12-6-3-7-15-12/h1-11,14H/p+2/t9-,10+,11+/m1/s1. The third-order valence-electron chi connectivity index (χ3n) is 2.95. The second-order valence-corrected chi connectivity index (χ2v) is 4.92. The van der Waals surface area contributed by atoms with Crippen molar-refractivity contribution in [2.45, 2.75) is 18.1 Å². The molecule has 1 aliphatic heterocycles. The number of nitrogens with two attached hydrogens (primary N) is 1. The van der Waals surface area contributed by atoms with E-state index >= 15 is 0 Å². The Hall–Kier alpha value is -1.19. The van der Waals surface area contributed by atoms with E-state index < -0.39 is 0 Å². The molecule has 1 aliphatic carbocycles. The molecule has 1 aromatic rings. The summed E-state index contributed by atoms with van der Waals surface area (Å²) in [5, 5.41) is 4.56. The Labute approximate surface area is 93.0 Å². The summed E-state index contributed by atoms with van der Waals surface area (Å²) in [6, 6.07) is 5.78. The minimum Gasteiger partial charge on any atom is -0.320 e. The Bertz CT molecular complexity index is 417. The van der Waals surface area contributed by atoms with Crippen molar-refractivity contribution in [1.82, 2.24) is 0 Å². The summed E-state index contributed by atoms with van der Waals surface area (Å²) in [6.07, 6.45) is 10.9. The van der Waals surface area contributed by atoms with E-state index in [1.54, 1.807) is 0 Å². The smallest absolute Gasteiger partial charge is 0.224 e. The second kappa shape index (κ2) is 3.76. The summed E-state index contributed by atoms with van der Waals surface area (Å²) in [5.41, 5.74) is 0. The van der Waals surface area contributed by atoms with E-state index in [1.165, 1.54) is 4.88 Å². The molecule has 0 radical (unpaired) electrons. The second-order valence-electron chi connectivity index (χ2n) is 3.94. The van der Waals surface area contributed by atoms with Gasteiger partial charge < -0.3 is 5.32 Å². The van der Waals surface area contributed by atoms with Gasteiger partial charge in [-0.15, -0.1) is 11.3 Å². The molecule has 3 atom stereocenters. The van der Waals surface area contributed by atoms with E-state index in [-0.39, 0.29) is 0 Å². The highest BCUT2D eigenvalue weighted by molar-refractivity contribution is 7.10. The molecule has 0 saturated carbocycles. The fraction of sp³-hybridized carbons (Fsp3) is 0.250. The van der Waals surface area contributed by atoms with Crippen LogP contribution in [0, 0.1) is 0 Å². The van der Waals surface area contributed by atoms with E-state index in [0.717, 1.165) is 0 Å². The van der Waals surface area contributed by atoms with E-state index in [9.17, 15) is 0 Å². The third-order valence-corrected chi connectivity index (χ3v) is 3.92. The van der Waals surface area contributed by atoms with Crippen molar-refractivity contribution in [3.63, 3.8) is 0 Å². The predicted molar refractivity (Wildman–Crippen MR) is 61.9 cm³/mol. The first-order valence-electron chi connectivity index (χ1n) is 5.26. The maximum absolute atomic E-state index is 3.47. The lowest BCUT2D eigenvalue weighted by Crippen LogP contribution is -3.04. The first kappa shape index (κ1) is 9.07. The molecule has 0 unspecified atom stereocenters. The average molecular weight is 218 g/mol. The van der Waals surface area contributed by atoms with Gasteiger partial charge in [0.25, 0.3) is 0 Å². The first-order valence-corrected chi connectivity index (χ1v) is 6.14. The molecule has 0 fully saturated rings. The van der Waals surface area contributed by atoms with Gasteiger partial charge in [-0.1, -0.05) is 18.2 Å². The molecule has 0 amide bonds. The van der Waals surface area contributed by atoms with Crippen LogP contribution in [0.25, 0.3) is 0 Å². The molecule has 2 aliphatic rings. The van der Waals surface area contributed by atoms with Gasteiger partial charge >= 0.3 is 0 Å². The van der Waals surface area contributed by atoms with Gasteiger partial charge in [0.15, 0.2) is 12.1 Å². The predicted octanol–water partition coefficient (Wildman–Crippen LogP) is -0.619. The Kier molecular flexibility index (Phi) is 2.27. The zero-order chi connectivity index (χ0) is 10.1. The van der Waals surface area contributed by atoms with Crippen LogP contribution in [0.5, 0.6) is 0 Å². The molecule has 76 valence electrons. The molecular formula is C12H14N2S+2. The topological polar surface area (TPSA) is 30.6 Å². The summed E-state index contributed by atoms with van der Waals surface area (Å²) in [6.45, 7) is 0. The molecule has 3 N–H and O–H groups in total. The highest BCUT2D eigenvalue weighted by Gasteiger charge is 2.34. The van der Waals surface area contributed by atoms with Gasteiger partial charge in [-0.05, 0) is 23.6 Å². The number of rotatable bonds is 1. The maximum Gasteiger partial charge on any atom is 0.224 e. The summed E-state index contributed by atoms with van der Waals surface area (Å²) in [5.74, 6) is 0. The van der Waals surface area contributed by atoms with Crippen molar-refractivity contribution in [1.29, 1.82) is 0 Å². The molecule has 2 heterocycles. The van der Waals surface area contributed by atoms with E-state index in [2.05, 4.69) is 58.3 Å². The van der Waals surface area contributed by atoms with Gasteiger partial charge in [0.1, 0.15) is 0 Å². The number of allylic oxidation sites excluding steroid dienone is 2. The van der Waals surface area contributed by atoms with Crippen LogP contribution in [0.1, 0.15) is 10.9 Å². The molecular weight excluding hydrogens is 204 g/mol. The van der Waals surface area contributed by atoms with Crippen molar-refractivity contribution < 1.29 is 10.3 Å². The number of thiophene rings is 1. The molecule has 1 aromatic heterocycles. The summed E-state index contributed by atoms with van der Waals surface area (Å²) in [7, 11) is 0. The van der Waals surface area contributed by atoms with Crippen molar-refractivity contribution in [3.05, 3.63) is 46.7 Å². The van der Waals surface area contributed by atoms with Crippen LogP contribution in [0.4, 0.5) is 0 Å². The van der Waals surface area contributed by atoms with E-state index in [4.69, 9.17) is 0 Å². The Morgan fingerprint density at radius 2 is 2.20 bits per heavy atom. The van der Waals surface area contributed by atoms with Crippen LogP contribution >= 0.6 is 11.3 Å². The maximum atomic E-state index is 3.47. The number of hydrogen-bond acceptors (Lipinski definition) is 1. The van der Waals surface area contributed by atoms with Crippen molar-refractivity contribution >= 4 is 17.6 Å². The molecule has 0 spiro atoms. The number of hydrogen-bond donors (Lipinski definition) is 2. The Morgan fingerprint density at radius 1 is 1.27 bits per heavy atom. The number of fused-ring (bicyclic) bond motifs is 1. The van der Waals surface area contributed by atoms with Crippen molar-refractivity contribution in [2.24, 2.45) is 0 Å². The highest BCUT2D eigenvalue weighted by atomic mass is 32.1. The molecule has 2 nitrogen and oxygen atoms in total. The zero-order valence-corrected chi connectivity index (χ0v) is 9.15. The van der Waals surface area contributed by atoms with Crippen LogP contribution in [-0.2, 0) is 0 Å². The van der Waals surface area contributed by atoms with Crippen LogP contribution in [0.3, 0.4) is 0 Å². The van der Waals surface area contributed by atoms with Crippen molar-refractivity contribution in [3.8, 4) is 0 Å². The van der Waals surface area contributed by atoms with Crippen LogP contribution in [-0.4, -0.2) is 18.3 Å². The van der Waals surface area contributed by atoms with Gasteiger partial charge in [-0.3, -0.25) is 0 Å². The fourth-order valence-corrected chi connectivity index (χ4v) is 2.92. The van der Waals surface area contributed by atoms with Gasteiger partial charge in [0.2, 0.25) is 12.3 Å². The minimum absolute atomic E-state index is 0.461. The lowest BCUT2D eigenvalue weighted by Gasteiger charge is -2.22. The molecule has 3 heteroatoms. The number of nitrogens with one attached hydrogen (secondary N) is 1. The van der Waals surface area contributed by atoms with Gasteiger partial charge in [0, 0.05) is 0 Å². The van der Waals surface area contributed by atoms with E-state index in [0.29, 0.717) is 18.1 Å². The summed E-state index contributed by atoms with van der Waals surface area (Å²) in [4.78, 5) is 4.89. The lowest BCUT2D eigenvalue weighted by molar-refractivity contribution is -0.752. The monoisotopic (exact) mass is 218 g/mol. The van der Waals surface area contributed by atoms with Gasteiger partial charge in [-0.25, -0.2) is 4.99 Å². The molecule has 15 heavy (non-hydrogen) atoms. The minimum atomic E-state index is 0.461. The Morgan fingerprint density at radius 3 is 3.07 bits per heavy atom. The molecule has 3 rings (SSSR count). The highest BCUT2D eigenvalue weighted by Crippen LogP contribution is 2.14. The largest absolute Gasteiger partial charge is 0.320 e. The Balaban J connectivity index is 1.85. The molecule has 0 bridgehead atoms. The normalized spacial score (nSPS) is 32.9. The molecule has 0 aromatic carbocycles. The van der Waals surface area contributed by atoms with Gasteiger partial charge in [-0.2, -0.15) is 0 Å². The van der Waals surface area contributed by atoms with Crippen LogP contribution in [0.15, 0.2) is 41.8 Å². The number of quaternary nitrogens is 1. The van der Waals surface area contributed by atoms with Crippen LogP contribution < -0.4 is 10.3 Å². The summed E-state index contributed by atoms with van der Waals surface area (Å²) < 4.78 is 0. The van der Waals surface area contributed by atoms with E-state index in [1.807, 2.05) is 11.3 Å². The van der Waals surface area contributed by atoms with Gasteiger partial charge in [0.05, 0.1) is 4.88 Å². The SMILES string of the molecule is C1=C[C@@H]2[NH2+][C@H](c3cccs3)C=[NH+][C@@H]2C=C1. The average Bonchev–Trinajstić information content (AvgIpc) is 2.82. The summed E-state index contributed by atoms with van der Waals surface area (Å²) >= 11 is 1.82. The molecule has 0 saturated heterocycles. The fourth-order valence-electron chi connectivity index (χ4n) is 2.14. The van der Waals surface area contributed by atoms with Crippen LogP contribution in [0.2, 0.25) is 0 Å². The van der Waals surface area contributed by atoms with Crippen molar-refractivity contribution in [2.75, 3.05) is 0 Å².